The largest absolute Gasteiger partial charge is 0.365 e. The topological polar surface area (TPSA) is 118 Å². The van der Waals surface area contributed by atoms with E-state index < -0.39 is 11.7 Å². The van der Waals surface area contributed by atoms with Crippen molar-refractivity contribution in [2.24, 2.45) is 5.73 Å². The molecule has 0 saturated heterocycles. The first-order chi connectivity index (χ1) is 15.5. The molecule has 3 aromatic rings. The highest BCUT2D eigenvalue weighted by atomic mass is 19.1. The van der Waals surface area contributed by atoms with Gasteiger partial charge in [0.15, 0.2) is 11.6 Å². The number of halogens is 1. The fourth-order valence-electron chi connectivity index (χ4n) is 4.02. The summed E-state index contributed by atoms with van der Waals surface area (Å²) in [6, 6.07) is 10.7. The Kier molecular flexibility index (Phi) is 6.55. The summed E-state index contributed by atoms with van der Waals surface area (Å²) < 4.78 is 14.8. The van der Waals surface area contributed by atoms with Gasteiger partial charge in [-0.15, -0.1) is 0 Å². The van der Waals surface area contributed by atoms with Gasteiger partial charge in [-0.3, -0.25) is 4.79 Å². The molecule has 1 aliphatic carbocycles. The normalized spacial score (nSPS) is 18.2. The zero-order valence-electron chi connectivity index (χ0n) is 17.8. The van der Waals surface area contributed by atoms with E-state index in [1.165, 1.54) is 6.33 Å². The minimum atomic E-state index is -0.756. The molecule has 0 spiro atoms. The van der Waals surface area contributed by atoms with E-state index in [4.69, 9.17) is 5.73 Å². The van der Waals surface area contributed by atoms with Crippen LogP contribution in [0, 0.1) is 5.82 Å². The zero-order chi connectivity index (χ0) is 22.5. The first kappa shape index (κ1) is 21.6. The lowest BCUT2D eigenvalue weighted by Gasteiger charge is -2.32. The van der Waals surface area contributed by atoms with Gasteiger partial charge in [0, 0.05) is 29.5 Å². The zero-order valence-corrected chi connectivity index (χ0v) is 17.8. The average molecular weight is 436 g/mol. The summed E-state index contributed by atoms with van der Waals surface area (Å²) in [5.74, 6) is -1.06. The first-order valence-corrected chi connectivity index (χ1v) is 10.6. The van der Waals surface area contributed by atoms with E-state index >= 15 is 0 Å². The summed E-state index contributed by atoms with van der Waals surface area (Å²) in [7, 11) is 1.91. The number of nitrogens with one attached hydrogen (secondary N) is 3. The van der Waals surface area contributed by atoms with Gasteiger partial charge in [-0.2, -0.15) is 0 Å². The molecule has 2 unspecified atom stereocenters. The highest BCUT2D eigenvalue weighted by Gasteiger charge is 2.26. The SMILES string of the molecule is CNC1CCCCC1Nc1nc(Nc2ccc(-c3ccncn3)cc2)c(C(N)=O)cc1F. The van der Waals surface area contributed by atoms with E-state index in [0.29, 0.717) is 5.69 Å². The van der Waals surface area contributed by atoms with Crippen LogP contribution in [-0.2, 0) is 0 Å². The minimum absolute atomic E-state index is 0.0123. The number of aromatic nitrogens is 3. The third-order valence-electron chi connectivity index (χ3n) is 5.73. The van der Waals surface area contributed by atoms with Gasteiger partial charge in [-0.05, 0) is 44.2 Å². The Bertz CT molecular complexity index is 1080. The molecule has 2 aromatic heterocycles. The van der Waals surface area contributed by atoms with Crippen molar-refractivity contribution in [1.29, 1.82) is 0 Å². The lowest BCUT2D eigenvalue weighted by molar-refractivity contribution is 0.100. The summed E-state index contributed by atoms with van der Waals surface area (Å²) >= 11 is 0. The van der Waals surface area contributed by atoms with E-state index in [2.05, 4.69) is 30.9 Å². The molecule has 5 N–H and O–H groups in total. The van der Waals surface area contributed by atoms with Crippen LogP contribution in [0.15, 0.2) is 48.9 Å². The number of anilines is 3. The minimum Gasteiger partial charge on any atom is -0.365 e. The van der Waals surface area contributed by atoms with Crippen LogP contribution in [0.1, 0.15) is 36.0 Å². The number of likely N-dealkylation sites (N-methyl/N-ethyl adjacent to an activating group) is 1. The second-order valence-electron chi connectivity index (χ2n) is 7.81. The van der Waals surface area contributed by atoms with E-state index in [1.807, 2.05) is 37.4 Å². The molecule has 2 heterocycles. The summed E-state index contributed by atoms with van der Waals surface area (Å²) in [6.07, 6.45) is 7.30. The average Bonchev–Trinajstić information content (AvgIpc) is 2.82. The molecule has 166 valence electrons. The van der Waals surface area contributed by atoms with Gasteiger partial charge < -0.3 is 21.7 Å². The molecule has 1 aromatic carbocycles. The molecule has 1 aliphatic rings. The van der Waals surface area contributed by atoms with Crippen LogP contribution in [0.25, 0.3) is 11.3 Å². The van der Waals surface area contributed by atoms with E-state index in [1.54, 1.807) is 6.20 Å². The van der Waals surface area contributed by atoms with Crippen molar-refractivity contribution in [3.8, 4) is 11.3 Å². The third-order valence-corrected chi connectivity index (χ3v) is 5.73. The maximum atomic E-state index is 14.8. The molecular formula is C23H26FN7O. The second-order valence-corrected chi connectivity index (χ2v) is 7.81. The Hall–Kier alpha value is -3.59. The Morgan fingerprint density at radius 3 is 2.50 bits per heavy atom. The van der Waals surface area contributed by atoms with Gasteiger partial charge in [0.25, 0.3) is 5.91 Å². The molecule has 9 heteroatoms. The van der Waals surface area contributed by atoms with Crippen molar-refractivity contribution >= 4 is 23.2 Å². The molecule has 4 rings (SSSR count). The molecule has 2 atom stereocenters. The van der Waals surface area contributed by atoms with Crippen LogP contribution in [-0.4, -0.2) is 40.0 Å². The number of carbonyl (C=O) groups excluding carboxylic acids is 1. The molecule has 8 nitrogen and oxygen atoms in total. The third kappa shape index (κ3) is 4.83. The van der Waals surface area contributed by atoms with Crippen LogP contribution in [0.4, 0.5) is 21.7 Å². The lowest BCUT2D eigenvalue weighted by Crippen LogP contribution is -2.45. The fourth-order valence-corrected chi connectivity index (χ4v) is 4.02. The molecule has 0 aliphatic heterocycles. The van der Waals surface area contributed by atoms with Crippen LogP contribution < -0.4 is 21.7 Å². The van der Waals surface area contributed by atoms with Gasteiger partial charge >= 0.3 is 0 Å². The van der Waals surface area contributed by atoms with Crippen molar-refractivity contribution in [3.05, 3.63) is 60.3 Å². The van der Waals surface area contributed by atoms with Gasteiger partial charge in [-0.25, -0.2) is 19.3 Å². The summed E-state index contributed by atoms with van der Waals surface area (Å²) in [6.45, 7) is 0. The van der Waals surface area contributed by atoms with Gasteiger partial charge in [0.05, 0.1) is 11.3 Å². The Morgan fingerprint density at radius 1 is 1.09 bits per heavy atom. The first-order valence-electron chi connectivity index (χ1n) is 10.6. The summed E-state index contributed by atoms with van der Waals surface area (Å²) in [5.41, 5.74) is 7.86. The Labute approximate surface area is 185 Å². The lowest BCUT2D eigenvalue weighted by atomic mass is 9.90. The van der Waals surface area contributed by atoms with Gasteiger partial charge in [0.1, 0.15) is 12.1 Å². The number of amides is 1. The molecule has 1 saturated carbocycles. The predicted molar refractivity (Wildman–Crippen MR) is 122 cm³/mol. The van der Waals surface area contributed by atoms with Crippen LogP contribution in [0.5, 0.6) is 0 Å². The number of hydrogen-bond donors (Lipinski definition) is 4. The van der Waals surface area contributed by atoms with Crippen LogP contribution in [0.2, 0.25) is 0 Å². The van der Waals surface area contributed by atoms with E-state index in [0.717, 1.165) is 43.0 Å². The monoisotopic (exact) mass is 435 g/mol. The van der Waals surface area contributed by atoms with Crippen LogP contribution >= 0.6 is 0 Å². The smallest absolute Gasteiger partial charge is 0.252 e. The predicted octanol–water partition coefficient (Wildman–Crippen LogP) is 3.46. The van der Waals surface area contributed by atoms with E-state index in [-0.39, 0.29) is 29.3 Å². The number of primary amides is 1. The molecule has 1 fully saturated rings. The maximum absolute atomic E-state index is 14.8. The summed E-state index contributed by atoms with van der Waals surface area (Å²) in [4.78, 5) is 24.5. The molecule has 1 amide bonds. The Balaban J connectivity index is 1.59. The maximum Gasteiger partial charge on any atom is 0.252 e. The number of carbonyl (C=O) groups is 1. The van der Waals surface area contributed by atoms with Crippen molar-refractivity contribution in [1.82, 2.24) is 20.3 Å². The number of nitrogens with zero attached hydrogens (tertiary/aromatic N) is 3. The number of pyridine rings is 1. The van der Waals surface area contributed by atoms with Gasteiger partial charge in [-0.1, -0.05) is 25.0 Å². The van der Waals surface area contributed by atoms with Crippen molar-refractivity contribution in [2.75, 3.05) is 17.7 Å². The summed E-state index contributed by atoms with van der Waals surface area (Å²) in [5, 5.41) is 9.60. The van der Waals surface area contributed by atoms with Crippen molar-refractivity contribution in [2.45, 2.75) is 37.8 Å². The van der Waals surface area contributed by atoms with E-state index in [9.17, 15) is 9.18 Å². The molecule has 0 radical (unpaired) electrons. The second kappa shape index (κ2) is 9.69. The molecular weight excluding hydrogens is 409 g/mol. The fraction of sp³-hybridized carbons (Fsp3) is 0.304. The van der Waals surface area contributed by atoms with Crippen LogP contribution in [0.3, 0.4) is 0 Å². The highest BCUT2D eigenvalue weighted by Crippen LogP contribution is 2.28. The Morgan fingerprint density at radius 2 is 1.84 bits per heavy atom. The van der Waals surface area contributed by atoms with Crippen molar-refractivity contribution in [3.63, 3.8) is 0 Å². The highest BCUT2D eigenvalue weighted by molar-refractivity contribution is 5.98. The number of hydrogen-bond acceptors (Lipinski definition) is 7. The number of benzene rings is 1. The number of nitrogens with two attached hydrogens (primary N) is 1. The van der Waals surface area contributed by atoms with Crippen molar-refractivity contribution < 1.29 is 9.18 Å². The standard InChI is InChI=1S/C23H26FN7O/c1-26-19-4-2-3-5-20(19)30-23-17(24)12-16(21(25)32)22(31-23)29-15-8-6-14(7-9-15)18-10-11-27-13-28-18/h6-13,19-20,26H,2-5H2,1H3,(H2,25,32)(H2,29,30,31). The molecule has 32 heavy (non-hydrogen) atoms. The quantitative estimate of drug-likeness (QED) is 0.449. The van der Waals surface area contributed by atoms with Gasteiger partial charge in [0.2, 0.25) is 0 Å². The number of rotatable bonds is 7. The molecule has 0 bridgehead atoms.